The summed E-state index contributed by atoms with van der Waals surface area (Å²) in [5.41, 5.74) is 0.844. The molecule has 5 rings (SSSR count). The zero-order valence-electron chi connectivity index (χ0n) is 21.2. The Hall–Kier alpha value is -3.37. The number of sulfonamides is 1. The van der Waals surface area contributed by atoms with Crippen LogP contribution in [-0.4, -0.2) is 43.1 Å². The second-order valence-corrected chi connectivity index (χ2v) is 11.9. The van der Waals surface area contributed by atoms with E-state index in [-0.39, 0.29) is 41.0 Å². The Labute approximate surface area is 216 Å². The molecule has 0 radical (unpaired) electrons. The lowest BCUT2D eigenvalue weighted by Gasteiger charge is -2.34. The van der Waals surface area contributed by atoms with E-state index in [1.165, 1.54) is 16.6 Å². The maximum absolute atomic E-state index is 13.5. The lowest BCUT2D eigenvalue weighted by atomic mass is 9.94. The van der Waals surface area contributed by atoms with Crippen molar-refractivity contribution in [3.05, 3.63) is 63.9 Å². The molecule has 0 saturated carbocycles. The summed E-state index contributed by atoms with van der Waals surface area (Å²) in [6, 6.07) is 9.99. The topological polar surface area (TPSA) is 107 Å². The van der Waals surface area contributed by atoms with E-state index in [2.05, 4.69) is 5.32 Å². The van der Waals surface area contributed by atoms with Gasteiger partial charge in [0.1, 0.15) is 5.56 Å². The van der Waals surface area contributed by atoms with Gasteiger partial charge in [0.25, 0.3) is 5.91 Å². The fraction of sp³-hybridized carbons (Fsp3) is 0.407. The van der Waals surface area contributed by atoms with E-state index in [0.717, 1.165) is 12.0 Å². The predicted octanol–water partition coefficient (Wildman–Crippen LogP) is 3.35. The molecular formula is C27H31N3O6S. The van der Waals surface area contributed by atoms with Gasteiger partial charge in [-0.25, -0.2) is 8.42 Å². The van der Waals surface area contributed by atoms with Gasteiger partial charge in [0, 0.05) is 37.8 Å². The molecule has 9 nitrogen and oxygen atoms in total. The van der Waals surface area contributed by atoms with Gasteiger partial charge < -0.3 is 19.4 Å². The Morgan fingerprint density at radius 1 is 1.05 bits per heavy atom. The number of nitrogens with one attached hydrogen (secondary N) is 1. The lowest BCUT2D eigenvalue weighted by molar-refractivity contribution is 0.0949. The van der Waals surface area contributed by atoms with E-state index < -0.39 is 21.4 Å². The number of aryl methyl sites for hydroxylation is 1. The highest BCUT2D eigenvalue weighted by molar-refractivity contribution is 7.89. The van der Waals surface area contributed by atoms with Crippen molar-refractivity contribution in [1.82, 2.24) is 14.2 Å². The van der Waals surface area contributed by atoms with Crippen LogP contribution in [-0.2, 0) is 23.1 Å². The Bertz CT molecular complexity index is 1520. The van der Waals surface area contributed by atoms with Crippen LogP contribution in [0.4, 0.5) is 0 Å². The van der Waals surface area contributed by atoms with Crippen LogP contribution in [0.5, 0.6) is 11.5 Å². The molecule has 0 aliphatic carbocycles. The summed E-state index contributed by atoms with van der Waals surface area (Å²) in [4.78, 5) is 26.6. The summed E-state index contributed by atoms with van der Waals surface area (Å²) in [6.45, 7) is 7.76. The third-order valence-electron chi connectivity index (χ3n) is 7.00. The van der Waals surface area contributed by atoms with Gasteiger partial charge in [0.15, 0.2) is 11.5 Å². The monoisotopic (exact) mass is 525 g/mol. The number of piperidine rings is 1. The number of benzene rings is 2. The minimum absolute atomic E-state index is 0.0372. The molecule has 1 fully saturated rings. The number of rotatable bonds is 6. The van der Waals surface area contributed by atoms with E-state index in [4.69, 9.17) is 9.47 Å². The second kappa shape index (κ2) is 9.83. The third-order valence-corrected chi connectivity index (χ3v) is 8.83. The van der Waals surface area contributed by atoms with E-state index >= 15 is 0 Å². The van der Waals surface area contributed by atoms with Gasteiger partial charge in [-0.2, -0.15) is 4.31 Å². The maximum Gasteiger partial charge on any atom is 0.257 e. The summed E-state index contributed by atoms with van der Waals surface area (Å²) < 4.78 is 40.9. The Morgan fingerprint density at radius 3 is 2.51 bits per heavy atom. The van der Waals surface area contributed by atoms with Crippen molar-refractivity contribution < 1.29 is 22.7 Å². The van der Waals surface area contributed by atoms with Crippen LogP contribution in [0, 0.1) is 11.8 Å². The zero-order chi connectivity index (χ0) is 26.3. The Morgan fingerprint density at radius 2 is 1.78 bits per heavy atom. The number of fused-ring (bicyclic) bond motifs is 2. The quantitative estimate of drug-likeness (QED) is 0.529. The molecule has 0 bridgehead atoms. The van der Waals surface area contributed by atoms with Gasteiger partial charge in [-0.05, 0) is 61.1 Å². The fourth-order valence-corrected chi connectivity index (χ4v) is 6.95. The van der Waals surface area contributed by atoms with Gasteiger partial charge in [0.05, 0.1) is 10.4 Å². The largest absolute Gasteiger partial charge is 0.454 e. The first-order chi connectivity index (χ1) is 17.7. The minimum Gasteiger partial charge on any atom is -0.454 e. The highest BCUT2D eigenvalue weighted by Gasteiger charge is 2.32. The minimum atomic E-state index is -3.78. The average Bonchev–Trinajstić information content (AvgIpc) is 3.35. The highest BCUT2D eigenvalue weighted by atomic mass is 32.2. The van der Waals surface area contributed by atoms with Gasteiger partial charge in [-0.3, -0.25) is 9.59 Å². The van der Waals surface area contributed by atoms with Crippen molar-refractivity contribution in [2.45, 2.75) is 45.2 Å². The first kappa shape index (κ1) is 25.3. The van der Waals surface area contributed by atoms with Crippen LogP contribution < -0.4 is 20.2 Å². The van der Waals surface area contributed by atoms with Crippen molar-refractivity contribution in [3.8, 4) is 11.5 Å². The number of pyridine rings is 1. The molecule has 37 heavy (non-hydrogen) atoms. The summed E-state index contributed by atoms with van der Waals surface area (Å²) in [5.74, 6) is 1.25. The molecule has 1 aromatic heterocycles. The molecule has 3 aromatic rings. The number of hydrogen-bond donors (Lipinski definition) is 1. The number of nitrogens with zero attached hydrogens (tertiary/aromatic N) is 2. The van der Waals surface area contributed by atoms with E-state index in [1.54, 1.807) is 28.8 Å². The van der Waals surface area contributed by atoms with Crippen LogP contribution in [0.2, 0.25) is 0 Å². The Balaban J connectivity index is 1.46. The molecule has 3 heterocycles. The number of aromatic nitrogens is 1. The third kappa shape index (κ3) is 4.83. The fourth-order valence-electron chi connectivity index (χ4n) is 5.24. The summed E-state index contributed by atoms with van der Waals surface area (Å²) in [6.07, 6.45) is 2.51. The second-order valence-electron chi connectivity index (χ2n) is 9.98. The molecule has 196 valence electrons. The van der Waals surface area contributed by atoms with Crippen molar-refractivity contribution >= 4 is 26.8 Å². The van der Waals surface area contributed by atoms with Gasteiger partial charge >= 0.3 is 0 Å². The SMILES string of the molecule is CCn1cc(C(=O)NCc2ccc3c(c2)OCO3)c(=O)c2cc(S(=O)(=O)N3CC(C)CC(C)C3)ccc21. The van der Waals surface area contributed by atoms with Crippen molar-refractivity contribution in [1.29, 1.82) is 0 Å². The lowest BCUT2D eigenvalue weighted by Crippen LogP contribution is -2.42. The molecule has 1 saturated heterocycles. The van der Waals surface area contributed by atoms with Gasteiger partial charge in [0.2, 0.25) is 22.2 Å². The molecule has 2 aromatic carbocycles. The van der Waals surface area contributed by atoms with E-state index in [9.17, 15) is 18.0 Å². The summed E-state index contributed by atoms with van der Waals surface area (Å²) >= 11 is 0. The number of carbonyl (C=O) groups is 1. The molecule has 2 aliphatic heterocycles. The maximum atomic E-state index is 13.5. The van der Waals surface area contributed by atoms with E-state index in [0.29, 0.717) is 36.6 Å². The Kier molecular flexibility index (Phi) is 6.72. The number of hydrogen-bond acceptors (Lipinski definition) is 6. The normalized spacial score (nSPS) is 19.8. The van der Waals surface area contributed by atoms with Gasteiger partial charge in [-0.15, -0.1) is 0 Å². The number of amides is 1. The molecule has 2 atom stereocenters. The van der Waals surface area contributed by atoms with Crippen LogP contribution >= 0.6 is 0 Å². The van der Waals surface area contributed by atoms with E-state index in [1.807, 2.05) is 26.8 Å². The van der Waals surface area contributed by atoms with Gasteiger partial charge in [-0.1, -0.05) is 19.9 Å². The summed E-state index contributed by atoms with van der Waals surface area (Å²) in [5, 5.41) is 3.00. The van der Waals surface area contributed by atoms with Crippen LogP contribution in [0.25, 0.3) is 10.9 Å². The molecule has 0 spiro atoms. The first-order valence-electron chi connectivity index (χ1n) is 12.5. The smallest absolute Gasteiger partial charge is 0.257 e. The number of ether oxygens (including phenoxy) is 2. The molecule has 1 N–H and O–H groups in total. The highest BCUT2D eigenvalue weighted by Crippen LogP contribution is 2.32. The molecule has 2 aliphatic rings. The first-order valence-corrected chi connectivity index (χ1v) is 14.0. The van der Waals surface area contributed by atoms with Crippen LogP contribution in [0.15, 0.2) is 52.3 Å². The molecule has 10 heteroatoms. The zero-order valence-corrected chi connectivity index (χ0v) is 22.0. The molecule has 1 amide bonds. The van der Waals surface area contributed by atoms with Crippen molar-refractivity contribution in [2.75, 3.05) is 19.9 Å². The average molecular weight is 526 g/mol. The predicted molar refractivity (Wildman–Crippen MR) is 139 cm³/mol. The standard InChI is InChI=1S/C27H31N3O6S/c1-4-29-15-22(27(32)28-12-19-5-8-24-25(10-19)36-16-35-24)26(31)21-11-20(6-7-23(21)29)37(33,34)30-13-17(2)9-18(3)14-30/h5-8,10-11,15,17-18H,4,9,12-14,16H2,1-3H3,(H,28,32). The van der Waals surface area contributed by atoms with Crippen molar-refractivity contribution in [3.63, 3.8) is 0 Å². The summed E-state index contributed by atoms with van der Waals surface area (Å²) in [7, 11) is -3.78. The van der Waals surface area contributed by atoms with Crippen molar-refractivity contribution in [2.24, 2.45) is 11.8 Å². The molecular weight excluding hydrogens is 494 g/mol. The molecule has 2 unspecified atom stereocenters. The van der Waals surface area contributed by atoms with Crippen LogP contribution in [0.3, 0.4) is 0 Å². The van der Waals surface area contributed by atoms with Crippen LogP contribution in [0.1, 0.15) is 43.1 Å². The number of carbonyl (C=O) groups excluding carboxylic acids is 1.